The first kappa shape index (κ1) is 23.4. The lowest BCUT2D eigenvalue weighted by atomic mass is 9.67. The third kappa shape index (κ3) is 4.41. The van der Waals surface area contributed by atoms with Gasteiger partial charge in [-0.15, -0.1) is 11.3 Å². The number of aryl methyl sites for hydroxylation is 2. The molecular formula is C28H32N4O2S. The highest BCUT2D eigenvalue weighted by Gasteiger charge is 2.40. The fraction of sp³-hybridized carbons (Fsp3) is 0.357. The Hall–Kier alpha value is -3.32. The van der Waals surface area contributed by atoms with Crippen LogP contribution in [0.5, 0.6) is 11.5 Å². The molecule has 1 aliphatic carbocycles. The number of nitrogens with one attached hydrogen (secondary N) is 1. The molecule has 0 spiro atoms. The maximum atomic E-state index is 5.70. The molecule has 2 heterocycles. The highest BCUT2D eigenvalue weighted by atomic mass is 32.1. The molecule has 2 aromatic carbocycles. The average molecular weight is 489 g/mol. The van der Waals surface area contributed by atoms with E-state index in [1.54, 1.807) is 31.9 Å². The van der Waals surface area contributed by atoms with E-state index in [0.29, 0.717) is 0 Å². The van der Waals surface area contributed by atoms with Crippen LogP contribution in [0.1, 0.15) is 54.4 Å². The zero-order valence-electron chi connectivity index (χ0n) is 20.8. The summed E-state index contributed by atoms with van der Waals surface area (Å²) >= 11 is 1.77. The third-order valence-electron chi connectivity index (χ3n) is 6.88. The van der Waals surface area contributed by atoms with Crippen LogP contribution in [0.25, 0.3) is 5.69 Å². The summed E-state index contributed by atoms with van der Waals surface area (Å²) in [5, 5.41) is 4.48. The lowest BCUT2D eigenvalue weighted by molar-refractivity contribution is 0.381. The van der Waals surface area contributed by atoms with Crippen molar-refractivity contribution in [3.05, 3.63) is 76.8 Å². The second-order valence-corrected chi connectivity index (χ2v) is 10.2. The Bertz CT molecular complexity index is 1330. The molecule has 2 aromatic heterocycles. The second-order valence-electron chi connectivity index (χ2n) is 9.14. The van der Waals surface area contributed by atoms with Gasteiger partial charge in [0.05, 0.1) is 37.6 Å². The van der Waals surface area contributed by atoms with Crippen LogP contribution in [-0.4, -0.2) is 28.8 Å². The lowest BCUT2D eigenvalue weighted by Crippen LogP contribution is -2.32. The zero-order chi connectivity index (χ0) is 24.4. The molecule has 0 saturated carbocycles. The maximum Gasteiger partial charge on any atom is 0.187 e. The molecule has 0 amide bonds. The minimum atomic E-state index is -0.0753. The summed E-state index contributed by atoms with van der Waals surface area (Å²) < 4.78 is 13.2. The number of nitrogens with zero attached hydrogens (tertiary/aromatic N) is 3. The van der Waals surface area contributed by atoms with E-state index < -0.39 is 0 Å². The summed E-state index contributed by atoms with van der Waals surface area (Å²) in [6.07, 6.45) is 9.32. The van der Waals surface area contributed by atoms with E-state index in [2.05, 4.69) is 41.5 Å². The van der Waals surface area contributed by atoms with Gasteiger partial charge in [-0.25, -0.2) is 9.97 Å². The largest absolute Gasteiger partial charge is 0.497 e. The first-order valence-electron chi connectivity index (χ1n) is 12.2. The lowest BCUT2D eigenvalue weighted by Gasteiger charge is -2.37. The summed E-state index contributed by atoms with van der Waals surface area (Å²) in [5.41, 5.74) is 5.33. The highest BCUT2D eigenvalue weighted by Crippen LogP contribution is 2.49. The van der Waals surface area contributed by atoms with E-state index in [4.69, 9.17) is 14.5 Å². The van der Waals surface area contributed by atoms with Crippen LogP contribution in [0.2, 0.25) is 0 Å². The van der Waals surface area contributed by atoms with Crippen LogP contribution in [0.4, 0.5) is 10.8 Å². The number of fused-ring (bicyclic) bond motifs is 1. The first-order chi connectivity index (χ1) is 17.1. The second kappa shape index (κ2) is 9.74. The highest BCUT2D eigenvalue weighted by molar-refractivity contribution is 7.15. The Balaban J connectivity index is 1.49. The van der Waals surface area contributed by atoms with Gasteiger partial charge in [-0.05, 0) is 62.4 Å². The van der Waals surface area contributed by atoms with E-state index in [-0.39, 0.29) is 5.41 Å². The molecule has 0 bridgehead atoms. The van der Waals surface area contributed by atoms with Gasteiger partial charge in [0.2, 0.25) is 0 Å². The van der Waals surface area contributed by atoms with Crippen LogP contribution in [0.3, 0.4) is 0 Å². The average Bonchev–Trinajstić information content (AvgIpc) is 3.50. The smallest absolute Gasteiger partial charge is 0.187 e. The standard InChI is InChI=1S/C28H32N4O2S/c1-5-13-28(20-8-6-9-22(15-20)33-3)14-7-10-25-26(28)31-27(35-25)30-21-11-12-23(24(16-21)34-4)32-17-19(2)29-18-32/h6,8-9,11-12,15-18H,5,7,10,13-14H2,1-4H3,(H,30,31). The van der Waals surface area contributed by atoms with Crippen molar-refractivity contribution in [2.24, 2.45) is 0 Å². The molecule has 0 radical (unpaired) electrons. The molecule has 0 fully saturated rings. The molecule has 35 heavy (non-hydrogen) atoms. The number of anilines is 2. The fourth-order valence-corrected chi connectivity index (χ4v) is 6.40. The van der Waals surface area contributed by atoms with Gasteiger partial charge in [0.25, 0.3) is 0 Å². The topological polar surface area (TPSA) is 61.2 Å². The normalized spacial score (nSPS) is 17.1. The zero-order valence-corrected chi connectivity index (χ0v) is 21.6. The maximum absolute atomic E-state index is 5.70. The minimum Gasteiger partial charge on any atom is -0.497 e. The van der Waals surface area contributed by atoms with Crippen molar-refractivity contribution >= 4 is 22.2 Å². The quantitative estimate of drug-likeness (QED) is 0.295. The van der Waals surface area contributed by atoms with Crippen LogP contribution < -0.4 is 14.8 Å². The SMILES string of the molecule is CCCC1(c2cccc(OC)c2)CCCc2sc(Nc3ccc(-n4cnc(C)c4)c(OC)c3)nc21. The molecule has 1 atom stereocenters. The van der Waals surface area contributed by atoms with Crippen molar-refractivity contribution in [2.45, 2.75) is 51.4 Å². The monoisotopic (exact) mass is 488 g/mol. The molecule has 1 N–H and O–H groups in total. The molecule has 7 heteroatoms. The molecule has 5 rings (SSSR count). The first-order valence-corrected chi connectivity index (χ1v) is 13.0. The van der Waals surface area contributed by atoms with Crippen LogP contribution in [0.15, 0.2) is 55.0 Å². The van der Waals surface area contributed by atoms with Crippen molar-refractivity contribution in [2.75, 3.05) is 19.5 Å². The van der Waals surface area contributed by atoms with Crippen LogP contribution >= 0.6 is 11.3 Å². The van der Waals surface area contributed by atoms with Crippen LogP contribution in [0, 0.1) is 6.92 Å². The van der Waals surface area contributed by atoms with Crippen molar-refractivity contribution in [1.82, 2.24) is 14.5 Å². The van der Waals surface area contributed by atoms with Gasteiger partial charge in [0.15, 0.2) is 5.13 Å². The number of imidazole rings is 1. The van der Waals surface area contributed by atoms with E-state index in [1.165, 1.54) is 22.6 Å². The molecular weight excluding hydrogens is 456 g/mol. The fourth-order valence-electron chi connectivity index (χ4n) is 5.28. The summed E-state index contributed by atoms with van der Waals surface area (Å²) in [5.74, 6) is 1.68. The minimum absolute atomic E-state index is 0.0753. The van der Waals surface area contributed by atoms with Gasteiger partial charge >= 0.3 is 0 Å². The molecule has 1 unspecified atom stereocenters. The number of rotatable bonds is 8. The van der Waals surface area contributed by atoms with Crippen LogP contribution in [-0.2, 0) is 11.8 Å². The van der Waals surface area contributed by atoms with Gasteiger partial charge in [-0.3, -0.25) is 0 Å². The molecule has 0 aliphatic heterocycles. The number of benzene rings is 2. The Morgan fingerprint density at radius 3 is 2.77 bits per heavy atom. The Labute approximate surface area is 211 Å². The van der Waals surface area contributed by atoms with Crippen molar-refractivity contribution in [1.29, 1.82) is 0 Å². The predicted molar refractivity (Wildman–Crippen MR) is 142 cm³/mol. The van der Waals surface area contributed by atoms with Crippen molar-refractivity contribution in [3.63, 3.8) is 0 Å². The van der Waals surface area contributed by atoms with Crippen molar-refractivity contribution < 1.29 is 9.47 Å². The van der Waals surface area contributed by atoms with E-state index in [9.17, 15) is 0 Å². The van der Waals surface area contributed by atoms with Gasteiger partial charge in [-0.1, -0.05) is 25.5 Å². The number of hydrogen-bond donors (Lipinski definition) is 1. The molecule has 6 nitrogen and oxygen atoms in total. The number of methoxy groups -OCH3 is 2. The molecule has 4 aromatic rings. The Morgan fingerprint density at radius 2 is 2.03 bits per heavy atom. The summed E-state index contributed by atoms with van der Waals surface area (Å²) in [6.45, 7) is 4.24. The van der Waals surface area contributed by atoms with E-state index in [1.807, 2.05) is 35.9 Å². The summed E-state index contributed by atoms with van der Waals surface area (Å²) in [6, 6.07) is 14.7. The van der Waals surface area contributed by atoms with Crippen molar-refractivity contribution in [3.8, 4) is 17.2 Å². The third-order valence-corrected chi connectivity index (χ3v) is 7.91. The van der Waals surface area contributed by atoms with E-state index >= 15 is 0 Å². The van der Waals surface area contributed by atoms with Gasteiger partial charge in [0, 0.05) is 28.2 Å². The Kier molecular flexibility index (Phi) is 6.52. The molecule has 1 aliphatic rings. The molecule has 0 saturated heterocycles. The number of hydrogen-bond acceptors (Lipinski definition) is 6. The van der Waals surface area contributed by atoms with Gasteiger partial charge < -0.3 is 19.4 Å². The number of thiazole rings is 1. The summed E-state index contributed by atoms with van der Waals surface area (Å²) in [7, 11) is 3.43. The molecule has 182 valence electrons. The Morgan fingerprint density at radius 1 is 1.14 bits per heavy atom. The summed E-state index contributed by atoms with van der Waals surface area (Å²) in [4.78, 5) is 10.9. The van der Waals surface area contributed by atoms with E-state index in [0.717, 1.165) is 59.4 Å². The van der Waals surface area contributed by atoms with Gasteiger partial charge in [0.1, 0.15) is 11.5 Å². The number of ether oxygens (including phenoxy) is 2. The number of aromatic nitrogens is 3. The predicted octanol–water partition coefficient (Wildman–Crippen LogP) is 6.82. The van der Waals surface area contributed by atoms with Gasteiger partial charge in [-0.2, -0.15) is 0 Å².